The molecule has 2 aromatic carbocycles. The summed E-state index contributed by atoms with van der Waals surface area (Å²) in [5.41, 5.74) is -1.08. The summed E-state index contributed by atoms with van der Waals surface area (Å²) in [6, 6.07) is 10.4. The van der Waals surface area contributed by atoms with Crippen LogP contribution in [0.5, 0.6) is 0 Å². The number of pyridine rings is 1. The van der Waals surface area contributed by atoms with Crippen LogP contribution in [-0.2, 0) is 12.6 Å². The summed E-state index contributed by atoms with van der Waals surface area (Å²) in [5.74, 6) is -0.564. The van der Waals surface area contributed by atoms with E-state index < -0.39 is 28.5 Å². The lowest BCUT2D eigenvalue weighted by atomic mass is 10.0. The Bertz CT molecular complexity index is 973. The molecule has 124 valence electrons. The van der Waals surface area contributed by atoms with Gasteiger partial charge in [-0.3, -0.25) is 9.36 Å². The van der Waals surface area contributed by atoms with E-state index in [0.717, 1.165) is 16.7 Å². The Kier molecular flexibility index (Phi) is 3.91. The summed E-state index contributed by atoms with van der Waals surface area (Å²) in [4.78, 5) is 12.8. The van der Waals surface area contributed by atoms with Gasteiger partial charge in [-0.15, -0.1) is 0 Å². The molecule has 0 aliphatic rings. The second kappa shape index (κ2) is 5.78. The molecule has 6 heteroatoms. The number of alkyl halides is 3. The molecule has 0 saturated heterocycles. The van der Waals surface area contributed by atoms with Gasteiger partial charge < -0.3 is 0 Å². The normalized spacial score (nSPS) is 11.9. The molecule has 0 spiro atoms. The number of halogens is 4. The molecule has 0 aliphatic carbocycles. The monoisotopic (exact) mass is 335 g/mol. The lowest BCUT2D eigenvalue weighted by Crippen LogP contribution is -2.24. The van der Waals surface area contributed by atoms with Gasteiger partial charge in [0.1, 0.15) is 5.82 Å². The summed E-state index contributed by atoms with van der Waals surface area (Å²) in [7, 11) is 0. The van der Waals surface area contributed by atoms with Gasteiger partial charge in [0, 0.05) is 5.69 Å². The van der Waals surface area contributed by atoms with Crippen molar-refractivity contribution in [1.82, 2.24) is 4.57 Å². The zero-order chi connectivity index (χ0) is 17.5. The van der Waals surface area contributed by atoms with E-state index in [2.05, 4.69) is 0 Å². The van der Waals surface area contributed by atoms with Crippen LogP contribution in [0.25, 0.3) is 16.5 Å². The third kappa shape index (κ3) is 2.68. The van der Waals surface area contributed by atoms with E-state index in [1.54, 1.807) is 6.92 Å². The average Bonchev–Trinajstić information content (AvgIpc) is 2.53. The van der Waals surface area contributed by atoms with E-state index >= 15 is 0 Å². The minimum Gasteiger partial charge on any atom is -0.281 e. The SMILES string of the molecule is CCc1cc2cccc(C(F)(F)F)c2c(=O)n1-c1cccc(F)c1. The Morgan fingerprint density at radius 3 is 2.38 bits per heavy atom. The molecule has 0 aliphatic heterocycles. The van der Waals surface area contributed by atoms with Crippen molar-refractivity contribution in [1.29, 1.82) is 0 Å². The molecule has 0 bridgehead atoms. The van der Waals surface area contributed by atoms with Crippen LogP contribution in [0.1, 0.15) is 18.2 Å². The van der Waals surface area contributed by atoms with Gasteiger partial charge in [-0.25, -0.2) is 4.39 Å². The van der Waals surface area contributed by atoms with E-state index in [4.69, 9.17) is 0 Å². The van der Waals surface area contributed by atoms with Crippen molar-refractivity contribution in [3.63, 3.8) is 0 Å². The second-order valence-corrected chi connectivity index (χ2v) is 5.38. The summed E-state index contributed by atoms with van der Waals surface area (Å²) in [5, 5.41) is -0.189. The fourth-order valence-electron chi connectivity index (χ4n) is 2.81. The standard InChI is InChI=1S/C18H13F4NO/c1-2-13-9-11-5-3-8-15(18(20,21)22)16(11)17(24)23(13)14-7-4-6-12(19)10-14/h3-10H,2H2,1H3. The number of aromatic nitrogens is 1. The third-order valence-electron chi connectivity index (χ3n) is 3.86. The van der Waals surface area contributed by atoms with Crippen molar-refractivity contribution < 1.29 is 17.6 Å². The Hall–Kier alpha value is -2.63. The van der Waals surface area contributed by atoms with Crippen LogP contribution in [0.3, 0.4) is 0 Å². The first-order valence-electron chi connectivity index (χ1n) is 7.33. The lowest BCUT2D eigenvalue weighted by molar-refractivity contribution is -0.136. The van der Waals surface area contributed by atoms with Crippen LogP contribution < -0.4 is 5.56 Å². The maximum atomic E-state index is 13.5. The molecule has 3 aromatic rings. The number of aryl methyl sites for hydroxylation is 1. The Balaban J connectivity index is 2.46. The predicted molar refractivity (Wildman–Crippen MR) is 83.9 cm³/mol. The first kappa shape index (κ1) is 16.2. The molecular formula is C18H13F4NO. The van der Waals surface area contributed by atoms with Crippen molar-refractivity contribution >= 4 is 10.8 Å². The highest BCUT2D eigenvalue weighted by atomic mass is 19.4. The van der Waals surface area contributed by atoms with E-state index in [1.807, 2.05) is 0 Å². The summed E-state index contributed by atoms with van der Waals surface area (Å²) in [6.07, 6.45) is -4.23. The molecule has 1 heterocycles. The topological polar surface area (TPSA) is 22.0 Å². The average molecular weight is 335 g/mol. The number of fused-ring (bicyclic) bond motifs is 1. The van der Waals surface area contributed by atoms with E-state index in [1.165, 1.54) is 36.4 Å². The van der Waals surface area contributed by atoms with Gasteiger partial charge >= 0.3 is 6.18 Å². The fraction of sp³-hybridized carbons (Fsp3) is 0.167. The number of hydrogen-bond acceptors (Lipinski definition) is 1. The molecule has 0 N–H and O–H groups in total. The quantitative estimate of drug-likeness (QED) is 0.622. The van der Waals surface area contributed by atoms with Crippen molar-refractivity contribution in [3.05, 3.63) is 76.0 Å². The zero-order valence-electron chi connectivity index (χ0n) is 12.7. The van der Waals surface area contributed by atoms with Gasteiger partial charge in [0.25, 0.3) is 5.56 Å². The fourth-order valence-corrected chi connectivity index (χ4v) is 2.81. The van der Waals surface area contributed by atoms with Crippen LogP contribution in [0.15, 0.2) is 53.3 Å². The largest absolute Gasteiger partial charge is 0.417 e. The minimum atomic E-state index is -4.65. The van der Waals surface area contributed by atoms with Crippen molar-refractivity contribution in [2.75, 3.05) is 0 Å². The maximum Gasteiger partial charge on any atom is 0.417 e. The number of benzene rings is 2. The second-order valence-electron chi connectivity index (χ2n) is 5.38. The summed E-state index contributed by atoms with van der Waals surface area (Å²) >= 11 is 0. The number of nitrogens with zero attached hydrogens (tertiary/aromatic N) is 1. The highest BCUT2D eigenvalue weighted by molar-refractivity contribution is 5.86. The molecule has 0 unspecified atom stereocenters. The van der Waals surface area contributed by atoms with Crippen LogP contribution in [0, 0.1) is 5.82 Å². The molecule has 3 rings (SSSR count). The highest BCUT2D eigenvalue weighted by Gasteiger charge is 2.34. The van der Waals surface area contributed by atoms with Crippen LogP contribution in [0.4, 0.5) is 17.6 Å². The molecule has 0 amide bonds. The molecule has 1 aromatic heterocycles. The minimum absolute atomic E-state index is 0.204. The van der Waals surface area contributed by atoms with Crippen molar-refractivity contribution in [2.45, 2.75) is 19.5 Å². The molecular weight excluding hydrogens is 322 g/mol. The van der Waals surface area contributed by atoms with Gasteiger partial charge in [0.15, 0.2) is 0 Å². The predicted octanol–water partition coefficient (Wildman–Crippen LogP) is 4.71. The van der Waals surface area contributed by atoms with Crippen LogP contribution in [0.2, 0.25) is 0 Å². The Morgan fingerprint density at radius 1 is 1.04 bits per heavy atom. The highest BCUT2D eigenvalue weighted by Crippen LogP contribution is 2.33. The maximum absolute atomic E-state index is 13.5. The zero-order valence-corrected chi connectivity index (χ0v) is 12.7. The Labute approximate surface area is 135 Å². The van der Waals surface area contributed by atoms with E-state index in [0.29, 0.717) is 12.1 Å². The number of rotatable bonds is 2. The van der Waals surface area contributed by atoms with Crippen molar-refractivity contribution in [2.24, 2.45) is 0 Å². The molecule has 0 saturated carbocycles. The molecule has 24 heavy (non-hydrogen) atoms. The van der Waals surface area contributed by atoms with Gasteiger partial charge in [0.05, 0.1) is 16.6 Å². The molecule has 0 atom stereocenters. The van der Waals surface area contributed by atoms with E-state index in [9.17, 15) is 22.4 Å². The molecule has 0 fully saturated rings. The summed E-state index contributed by atoms with van der Waals surface area (Å²) < 4.78 is 54.5. The van der Waals surface area contributed by atoms with Gasteiger partial charge in [-0.1, -0.05) is 25.1 Å². The van der Waals surface area contributed by atoms with Crippen LogP contribution in [-0.4, -0.2) is 4.57 Å². The first-order valence-corrected chi connectivity index (χ1v) is 7.33. The summed E-state index contributed by atoms with van der Waals surface area (Å²) in [6.45, 7) is 1.78. The molecule has 0 radical (unpaired) electrons. The van der Waals surface area contributed by atoms with Gasteiger partial charge in [0.2, 0.25) is 0 Å². The Morgan fingerprint density at radius 2 is 1.75 bits per heavy atom. The van der Waals surface area contributed by atoms with Gasteiger partial charge in [-0.2, -0.15) is 13.2 Å². The molecule has 2 nitrogen and oxygen atoms in total. The smallest absolute Gasteiger partial charge is 0.281 e. The third-order valence-corrected chi connectivity index (χ3v) is 3.86. The van der Waals surface area contributed by atoms with Gasteiger partial charge in [-0.05, 0) is 42.1 Å². The van der Waals surface area contributed by atoms with E-state index in [-0.39, 0.29) is 11.1 Å². The first-order chi connectivity index (χ1) is 11.3. The number of hydrogen-bond donors (Lipinski definition) is 0. The van der Waals surface area contributed by atoms with Crippen LogP contribution >= 0.6 is 0 Å². The van der Waals surface area contributed by atoms with Crippen molar-refractivity contribution in [3.8, 4) is 5.69 Å². The lowest BCUT2D eigenvalue weighted by Gasteiger charge is -2.16.